The summed E-state index contributed by atoms with van der Waals surface area (Å²) in [6.45, 7) is 1.35. The fourth-order valence-corrected chi connectivity index (χ4v) is 1.78. The Labute approximate surface area is 107 Å². The van der Waals surface area contributed by atoms with Gasteiger partial charge in [0.1, 0.15) is 5.75 Å². The van der Waals surface area contributed by atoms with Crippen molar-refractivity contribution < 1.29 is 4.74 Å². The van der Waals surface area contributed by atoms with Gasteiger partial charge >= 0.3 is 0 Å². The zero-order valence-corrected chi connectivity index (χ0v) is 10.5. The van der Waals surface area contributed by atoms with E-state index in [-0.39, 0.29) is 0 Å². The molecule has 2 rings (SSSR count). The minimum absolute atomic E-state index is 0.550. The Bertz CT molecular complexity index is 421. The van der Waals surface area contributed by atoms with Crippen molar-refractivity contribution in [3.05, 3.63) is 28.8 Å². The number of hydrogen-bond donors (Lipinski definition) is 1. The third kappa shape index (κ3) is 3.96. The third-order valence-electron chi connectivity index (χ3n) is 2.69. The van der Waals surface area contributed by atoms with Crippen LogP contribution in [-0.2, 0) is 6.54 Å². The Hall–Kier alpha value is -1.17. The van der Waals surface area contributed by atoms with Crippen molar-refractivity contribution in [1.82, 2.24) is 5.32 Å². The molecule has 0 saturated heterocycles. The number of nitrogens with one attached hydrogen (secondary N) is 1. The molecule has 1 aliphatic carbocycles. The average Bonchev–Trinajstić information content (AvgIpc) is 3.13. The monoisotopic (exact) mass is 249 g/mol. The van der Waals surface area contributed by atoms with Crippen LogP contribution in [0.2, 0.25) is 5.02 Å². The van der Waals surface area contributed by atoms with E-state index in [4.69, 9.17) is 22.8 Å². The first-order valence-electron chi connectivity index (χ1n) is 5.87. The highest BCUT2D eigenvalue weighted by atomic mass is 35.5. The van der Waals surface area contributed by atoms with E-state index in [1.54, 1.807) is 0 Å². The minimum Gasteiger partial charge on any atom is -0.492 e. The summed E-state index contributed by atoms with van der Waals surface area (Å²) in [5.41, 5.74) is 1.10. The molecule has 1 fully saturated rings. The number of benzene rings is 1. The van der Waals surface area contributed by atoms with Crippen LogP contribution in [0, 0.1) is 12.3 Å². The molecule has 1 aromatic rings. The number of halogens is 1. The predicted molar refractivity (Wildman–Crippen MR) is 70.3 cm³/mol. The van der Waals surface area contributed by atoms with E-state index in [0.717, 1.165) is 22.9 Å². The Morgan fingerprint density at radius 2 is 2.29 bits per heavy atom. The van der Waals surface area contributed by atoms with Gasteiger partial charge in [-0.3, -0.25) is 0 Å². The van der Waals surface area contributed by atoms with Crippen LogP contribution >= 0.6 is 11.6 Å². The molecule has 0 heterocycles. The normalized spacial score (nSPS) is 14.4. The molecule has 3 heteroatoms. The summed E-state index contributed by atoms with van der Waals surface area (Å²) in [5.74, 6) is 3.44. The molecule has 0 aliphatic heterocycles. The van der Waals surface area contributed by atoms with E-state index in [2.05, 4.69) is 11.2 Å². The number of terminal acetylenes is 1. The van der Waals surface area contributed by atoms with E-state index >= 15 is 0 Å². The highest BCUT2D eigenvalue weighted by molar-refractivity contribution is 6.30. The third-order valence-corrected chi connectivity index (χ3v) is 2.92. The van der Waals surface area contributed by atoms with Crippen molar-refractivity contribution in [2.24, 2.45) is 0 Å². The predicted octanol–water partition coefficient (Wildman–Crippen LogP) is 2.99. The van der Waals surface area contributed by atoms with Crippen LogP contribution in [0.1, 0.15) is 24.8 Å². The molecule has 17 heavy (non-hydrogen) atoms. The minimum atomic E-state index is 0.550. The van der Waals surface area contributed by atoms with E-state index < -0.39 is 0 Å². The summed E-state index contributed by atoms with van der Waals surface area (Å²) >= 11 is 5.99. The van der Waals surface area contributed by atoms with Crippen molar-refractivity contribution in [3.8, 4) is 18.1 Å². The van der Waals surface area contributed by atoms with Crippen molar-refractivity contribution in [2.75, 3.05) is 6.61 Å². The molecule has 0 aromatic heterocycles. The Morgan fingerprint density at radius 3 is 3.00 bits per heavy atom. The molecular weight excluding hydrogens is 234 g/mol. The van der Waals surface area contributed by atoms with Gasteiger partial charge in [0.25, 0.3) is 0 Å². The zero-order valence-electron chi connectivity index (χ0n) is 9.71. The van der Waals surface area contributed by atoms with Gasteiger partial charge in [0.2, 0.25) is 0 Å². The highest BCUT2D eigenvalue weighted by Gasteiger charge is 2.20. The summed E-state index contributed by atoms with van der Waals surface area (Å²) in [7, 11) is 0. The van der Waals surface area contributed by atoms with E-state index in [0.29, 0.717) is 19.1 Å². The standard InChI is InChI=1S/C14H16ClNO/c1-2-3-8-17-14-7-4-12(15)9-11(14)10-16-13-5-6-13/h1,4,7,9,13,16H,3,5-6,8,10H2. The van der Waals surface area contributed by atoms with Gasteiger partial charge in [-0.1, -0.05) is 11.6 Å². The summed E-state index contributed by atoms with van der Waals surface area (Å²) < 4.78 is 5.64. The highest BCUT2D eigenvalue weighted by Crippen LogP contribution is 2.25. The second-order valence-electron chi connectivity index (χ2n) is 4.21. The molecule has 0 unspecified atom stereocenters. The SMILES string of the molecule is C#CCCOc1ccc(Cl)cc1CNC1CC1. The molecule has 90 valence electrons. The van der Waals surface area contributed by atoms with Gasteiger partial charge in [0.05, 0.1) is 6.61 Å². The maximum Gasteiger partial charge on any atom is 0.123 e. The molecule has 0 spiro atoms. The van der Waals surface area contributed by atoms with Gasteiger partial charge in [0.15, 0.2) is 0 Å². The average molecular weight is 250 g/mol. The molecule has 1 aromatic carbocycles. The van der Waals surface area contributed by atoms with Gasteiger partial charge in [-0.15, -0.1) is 12.3 Å². The molecule has 0 amide bonds. The van der Waals surface area contributed by atoms with Crippen molar-refractivity contribution in [2.45, 2.75) is 31.8 Å². The number of hydrogen-bond acceptors (Lipinski definition) is 2. The topological polar surface area (TPSA) is 21.3 Å². The van der Waals surface area contributed by atoms with Crippen LogP contribution in [0.4, 0.5) is 0 Å². The Kier molecular flexibility index (Phi) is 4.30. The number of ether oxygens (including phenoxy) is 1. The zero-order chi connectivity index (χ0) is 12.1. The van der Waals surface area contributed by atoms with Crippen molar-refractivity contribution >= 4 is 11.6 Å². The van der Waals surface area contributed by atoms with Crippen molar-refractivity contribution in [1.29, 1.82) is 0 Å². The molecule has 1 aliphatic rings. The number of rotatable bonds is 6. The van der Waals surface area contributed by atoms with Gasteiger partial charge in [0, 0.05) is 29.6 Å². The molecular formula is C14H16ClNO. The molecule has 1 saturated carbocycles. The largest absolute Gasteiger partial charge is 0.492 e. The second-order valence-corrected chi connectivity index (χ2v) is 4.65. The maximum absolute atomic E-state index is 5.99. The first-order chi connectivity index (χ1) is 8.29. The Morgan fingerprint density at radius 1 is 1.47 bits per heavy atom. The molecule has 0 atom stereocenters. The molecule has 0 bridgehead atoms. The van der Waals surface area contributed by atoms with Crippen LogP contribution in [0.5, 0.6) is 5.75 Å². The van der Waals surface area contributed by atoms with E-state index in [9.17, 15) is 0 Å². The smallest absolute Gasteiger partial charge is 0.123 e. The molecule has 2 nitrogen and oxygen atoms in total. The van der Waals surface area contributed by atoms with Crippen LogP contribution in [0.15, 0.2) is 18.2 Å². The van der Waals surface area contributed by atoms with E-state index in [1.807, 2.05) is 18.2 Å². The van der Waals surface area contributed by atoms with E-state index in [1.165, 1.54) is 12.8 Å². The lowest BCUT2D eigenvalue weighted by Gasteiger charge is -2.11. The quantitative estimate of drug-likeness (QED) is 0.618. The van der Waals surface area contributed by atoms with Crippen molar-refractivity contribution in [3.63, 3.8) is 0 Å². The van der Waals surface area contributed by atoms with Gasteiger partial charge < -0.3 is 10.1 Å². The molecule has 0 radical (unpaired) electrons. The summed E-state index contributed by atoms with van der Waals surface area (Å²) in [6.07, 6.45) is 8.36. The fourth-order valence-electron chi connectivity index (χ4n) is 1.59. The lowest BCUT2D eigenvalue weighted by atomic mass is 10.2. The van der Waals surface area contributed by atoms with Gasteiger partial charge in [-0.05, 0) is 31.0 Å². The maximum atomic E-state index is 5.99. The summed E-state index contributed by atoms with van der Waals surface area (Å²) in [4.78, 5) is 0. The lowest BCUT2D eigenvalue weighted by Crippen LogP contribution is -2.16. The second kappa shape index (κ2) is 5.95. The van der Waals surface area contributed by atoms with Crippen LogP contribution < -0.4 is 10.1 Å². The summed E-state index contributed by atoms with van der Waals surface area (Å²) in [5, 5.41) is 4.19. The van der Waals surface area contributed by atoms with Crippen LogP contribution in [0.25, 0.3) is 0 Å². The van der Waals surface area contributed by atoms with Gasteiger partial charge in [-0.2, -0.15) is 0 Å². The van der Waals surface area contributed by atoms with Gasteiger partial charge in [-0.25, -0.2) is 0 Å². The van der Waals surface area contributed by atoms with Crippen LogP contribution in [-0.4, -0.2) is 12.6 Å². The van der Waals surface area contributed by atoms with Crippen LogP contribution in [0.3, 0.4) is 0 Å². The summed E-state index contributed by atoms with van der Waals surface area (Å²) in [6, 6.07) is 6.37. The Balaban J connectivity index is 1.98. The first-order valence-corrected chi connectivity index (χ1v) is 6.25. The molecule has 1 N–H and O–H groups in total. The lowest BCUT2D eigenvalue weighted by molar-refractivity contribution is 0.323. The first kappa shape index (κ1) is 12.3. The fraction of sp³-hybridized carbons (Fsp3) is 0.429.